The normalized spacial score (nSPS) is 15.9. The van der Waals surface area contributed by atoms with Crippen molar-refractivity contribution in [1.82, 2.24) is 20.0 Å². The molecule has 0 saturated carbocycles. The van der Waals surface area contributed by atoms with Crippen molar-refractivity contribution < 1.29 is 19.1 Å². The van der Waals surface area contributed by atoms with Crippen molar-refractivity contribution in [2.75, 3.05) is 0 Å². The van der Waals surface area contributed by atoms with Crippen LogP contribution in [-0.4, -0.2) is 48.8 Å². The van der Waals surface area contributed by atoms with Gasteiger partial charge in [0.05, 0.1) is 23.7 Å². The molecule has 4 aromatic rings. The fraction of sp³-hybridized carbons (Fsp3) is 0.154. The van der Waals surface area contributed by atoms with Crippen LogP contribution >= 0.6 is 23.2 Å². The maximum absolute atomic E-state index is 14.7. The molecule has 0 aliphatic carbocycles. The Hall–Kier alpha value is -4.15. The van der Waals surface area contributed by atoms with Crippen molar-refractivity contribution >= 4 is 51.8 Å². The van der Waals surface area contributed by atoms with Crippen LogP contribution in [0.25, 0.3) is 22.2 Å². The number of aromatic nitrogens is 3. The summed E-state index contributed by atoms with van der Waals surface area (Å²) in [6.07, 6.45) is -0.444. The first-order valence-corrected chi connectivity index (χ1v) is 12.1. The van der Waals surface area contributed by atoms with Crippen LogP contribution in [0.4, 0.5) is 4.39 Å². The zero-order valence-corrected chi connectivity index (χ0v) is 20.9. The molecular weight excluding hydrogens is 536 g/mol. The molecule has 2 aromatic heterocycles. The monoisotopic (exact) mass is 553 g/mol. The van der Waals surface area contributed by atoms with Crippen LogP contribution < -0.4 is 5.56 Å². The van der Waals surface area contributed by atoms with Gasteiger partial charge in [-0.25, -0.2) is 19.4 Å². The van der Waals surface area contributed by atoms with Gasteiger partial charge in [-0.1, -0.05) is 47.5 Å². The molecule has 0 saturated heterocycles. The van der Waals surface area contributed by atoms with Crippen molar-refractivity contribution in [1.29, 1.82) is 0 Å². The standard InChI is InChI=1S/C26H18Cl2FN5O4/c27-15-5-1-13(2-6-15)20-10-19(33-34(20)26(38)18(29)9-21(35)36)23-22(14-3-7-16(28)8-4-14)17-11-30-12-31-24(17)32-25(23)37/h1-8,11-12,18,20H,9-10H2,(H,35,36)(H,30,31,32,37)/t18?,20-/m0/s1. The molecule has 2 aromatic carbocycles. The quantitative estimate of drug-likeness (QED) is 0.353. The highest BCUT2D eigenvalue weighted by atomic mass is 35.5. The number of aromatic amines is 1. The van der Waals surface area contributed by atoms with Gasteiger partial charge in [0.2, 0.25) is 0 Å². The number of H-pyrrole nitrogens is 1. The molecule has 1 aliphatic heterocycles. The number of aliphatic carboxylic acids is 1. The second-order valence-corrected chi connectivity index (χ2v) is 9.44. The number of fused-ring (bicyclic) bond motifs is 1. The molecule has 0 spiro atoms. The van der Waals surface area contributed by atoms with Crippen molar-refractivity contribution in [3.05, 3.63) is 92.6 Å². The summed E-state index contributed by atoms with van der Waals surface area (Å²) in [4.78, 5) is 48.5. The van der Waals surface area contributed by atoms with Crippen molar-refractivity contribution in [3.8, 4) is 11.1 Å². The van der Waals surface area contributed by atoms with Crippen LogP contribution in [0.5, 0.6) is 0 Å². The molecule has 1 aliphatic rings. The molecule has 0 radical (unpaired) electrons. The Bertz CT molecular complexity index is 1640. The van der Waals surface area contributed by atoms with Crippen molar-refractivity contribution in [2.45, 2.75) is 25.1 Å². The Morgan fingerprint density at radius 2 is 1.74 bits per heavy atom. The van der Waals surface area contributed by atoms with Gasteiger partial charge in [0, 0.05) is 33.6 Å². The highest BCUT2D eigenvalue weighted by Gasteiger charge is 2.39. The van der Waals surface area contributed by atoms with Crippen molar-refractivity contribution in [2.24, 2.45) is 5.10 Å². The van der Waals surface area contributed by atoms with Crippen LogP contribution in [0.3, 0.4) is 0 Å². The molecule has 1 amide bonds. The summed E-state index contributed by atoms with van der Waals surface area (Å²) >= 11 is 12.1. The number of rotatable bonds is 6. The highest BCUT2D eigenvalue weighted by Crippen LogP contribution is 2.37. The maximum atomic E-state index is 14.7. The number of pyridine rings is 1. The fourth-order valence-electron chi connectivity index (χ4n) is 4.42. The first-order chi connectivity index (χ1) is 18.2. The van der Waals surface area contributed by atoms with Gasteiger partial charge < -0.3 is 10.1 Å². The summed E-state index contributed by atoms with van der Waals surface area (Å²) in [6, 6.07) is 12.5. The van der Waals surface area contributed by atoms with Gasteiger partial charge >= 0.3 is 5.97 Å². The minimum atomic E-state index is -2.33. The molecular formula is C26H18Cl2FN5O4. The molecule has 5 rings (SSSR count). The van der Waals surface area contributed by atoms with Crippen LogP contribution in [-0.2, 0) is 9.59 Å². The number of carbonyl (C=O) groups is 2. The van der Waals surface area contributed by atoms with Crippen LogP contribution in [0.2, 0.25) is 10.0 Å². The zero-order chi connectivity index (χ0) is 27.0. The van der Waals surface area contributed by atoms with Crippen LogP contribution in [0, 0.1) is 0 Å². The summed E-state index contributed by atoms with van der Waals surface area (Å²) in [5, 5.41) is 15.8. The van der Waals surface area contributed by atoms with E-state index in [1.54, 1.807) is 54.7 Å². The molecule has 1 unspecified atom stereocenters. The second-order valence-electron chi connectivity index (χ2n) is 8.56. The maximum Gasteiger partial charge on any atom is 0.306 e. The van der Waals surface area contributed by atoms with E-state index in [1.165, 1.54) is 6.33 Å². The van der Waals surface area contributed by atoms with Gasteiger partial charge in [0.1, 0.15) is 12.0 Å². The lowest BCUT2D eigenvalue weighted by atomic mass is 9.92. The lowest BCUT2D eigenvalue weighted by molar-refractivity contribution is -0.146. The predicted molar refractivity (Wildman–Crippen MR) is 140 cm³/mol. The van der Waals surface area contributed by atoms with Gasteiger partial charge in [0.25, 0.3) is 11.5 Å². The highest BCUT2D eigenvalue weighted by molar-refractivity contribution is 6.31. The third kappa shape index (κ3) is 4.88. The van der Waals surface area contributed by atoms with E-state index >= 15 is 0 Å². The first kappa shape index (κ1) is 25.5. The Morgan fingerprint density at radius 1 is 1.08 bits per heavy atom. The molecule has 3 heterocycles. The number of carboxylic acids is 1. The first-order valence-electron chi connectivity index (χ1n) is 11.4. The minimum absolute atomic E-state index is 0.0516. The number of hydrogen-bond donors (Lipinski definition) is 2. The molecule has 12 heteroatoms. The Morgan fingerprint density at radius 3 is 2.39 bits per heavy atom. The summed E-state index contributed by atoms with van der Waals surface area (Å²) in [5.41, 5.74) is 1.80. The number of alkyl halides is 1. The number of hydrazone groups is 1. The average Bonchev–Trinajstić information content (AvgIpc) is 3.33. The summed E-state index contributed by atoms with van der Waals surface area (Å²) in [7, 11) is 0. The molecule has 192 valence electrons. The van der Waals surface area contributed by atoms with Crippen LogP contribution in [0.1, 0.15) is 30.0 Å². The Labute approximate surface area is 224 Å². The SMILES string of the molecule is O=C(O)CC(F)C(=O)N1N=C(c2c(-c3ccc(Cl)cc3)c3cncnc3[nH]c2=O)C[C@H]1c1ccc(Cl)cc1. The lowest BCUT2D eigenvalue weighted by Crippen LogP contribution is -2.35. The topological polar surface area (TPSA) is 129 Å². The fourth-order valence-corrected chi connectivity index (χ4v) is 4.67. The van der Waals surface area contributed by atoms with E-state index in [0.29, 0.717) is 37.8 Å². The van der Waals surface area contributed by atoms with Crippen molar-refractivity contribution in [3.63, 3.8) is 0 Å². The van der Waals surface area contributed by atoms with E-state index in [-0.39, 0.29) is 17.7 Å². The predicted octanol–water partition coefficient (Wildman–Crippen LogP) is 4.78. The molecule has 2 N–H and O–H groups in total. The summed E-state index contributed by atoms with van der Waals surface area (Å²) in [6.45, 7) is 0. The van der Waals surface area contributed by atoms with E-state index in [2.05, 4.69) is 20.1 Å². The minimum Gasteiger partial charge on any atom is -0.481 e. The number of carboxylic acid groups (broad SMARTS) is 1. The van der Waals surface area contributed by atoms with E-state index < -0.39 is 36.1 Å². The Kier molecular flexibility index (Phi) is 6.92. The van der Waals surface area contributed by atoms with E-state index in [0.717, 1.165) is 5.01 Å². The lowest BCUT2D eigenvalue weighted by Gasteiger charge is -2.23. The van der Waals surface area contributed by atoms with Gasteiger partial charge in [-0.3, -0.25) is 14.4 Å². The van der Waals surface area contributed by atoms with Gasteiger partial charge in [0.15, 0.2) is 6.17 Å². The third-order valence-corrected chi connectivity index (χ3v) is 6.63. The molecule has 0 fully saturated rings. The summed E-state index contributed by atoms with van der Waals surface area (Å²) < 4.78 is 14.7. The molecule has 0 bridgehead atoms. The second kappa shape index (κ2) is 10.3. The van der Waals surface area contributed by atoms with E-state index in [9.17, 15) is 18.8 Å². The zero-order valence-electron chi connectivity index (χ0n) is 19.4. The summed E-state index contributed by atoms with van der Waals surface area (Å²) in [5.74, 6) is -2.59. The average molecular weight is 554 g/mol. The van der Waals surface area contributed by atoms with E-state index in [1.807, 2.05) is 0 Å². The third-order valence-electron chi connectivity index (χ3n) is 6.12. The van der Waals surface area contributed by atoms with Crippen LogP contribution in [0.15, 0.2) is 71.0 Å². The number of halogens is 3. The number of benzene rings is 2. The number of nitrogens with one attached hydrogen (secondary N) is 1. The van der Waals surface area contributed by atoms with Gasteiger partial charge in [-0.2, -0.15) is 5.10 Å². The number of hydrogen-bond acceptors (Lipinski definition) is 6. The largest absolute Gasteiger partial charge is 0.481 e. The number of carbonyl (C=O) groups excluding carboxylic acids is 1. The molecule has 9 nitrogen and oxygen atoms in total. The number of nitrogens with zero attached hydrogens (tertiary/aromatic N) is 4. The Balaban J connectivity index is 1.70. The van der Waals surface area contributed by atoms with E-state index in [4.69, 9.17) is 28.3 Å². The number of amides is 1. The van der Waals surface area contributed by atoms with Gasteiger partial charge in [-0.05, 0) is 35.4 Å². The molecule has 38 heavy (non-hydrogen) atoms. The molecule has 2 atom stereocenters. The van der Waals surface area contributed by atoms with Gasteiger partial charge in [-0.15, -0.1) is 0 Å². The smallest absolute Gasteiger partial charge is 0.306 e.